The molecular weight excluding hydrogens is 384 g/mol. The van der Waals surface area contributed by atoms with Gasteiger partial charge < -0.3 is 9.47 Å². The molecule has 1 aliphatic carbocycles. The van der Waals surface area contributed by atoms with Crippen LogP contribution in [0.3, 0.4) is 0 Å². The molecular formula is C16H20Br2O2. The molecule has 1 fully saturated rings. The van der Waals surface area contributed by atoms with Crippen molar-refractivity contribution in [3.05, 3.63) is 22.2 Å². The molecule has 20 heavy (non-hydrogen) atoms. The fourth-order valence-corrected chi connectivity index (χ4v) is 4.93. The Hall–Kier alpha value is -0.220. The van der Waals surface area contributed by atoms with Crippen LogP contribution in [0.4, 0.5) is 0 Å². The second-order valence-electron chi connectivity index (χ2n) is 5.67. The van der Waals surface area contributed by atoms with Crippen LogP contribution in [-0.2, 0) is 0 Å². The Balaban J connectivity index is 1.84. The van der Waals surface area contributed by atoms with E-state index in [-0.39, 0.29) is 0 Å². The fraction of sp³-hybridized carbons (Fsp3) is 0.625. The zero-order valence-electron chi connectivity index (χ0n) is 11.5. The molecule has 4 heteroatoms. The maximum Gasteiger partial charge on any atom is 0.162 e. The standard InChI is InChI=1S/C16H20Br2O2/c17-13-10-15-14(19-7-8-20-15)9-12(13)16(18)11-5-3-1-2-4-6-11/h9-11,16H,1-8H2. The number of fused-ring (bicyclic) bond motifs is 1. The van der Waals surface area contributed by atoms with Crippen molar-refractivity contribution in [2.24, 2.45) is 5.92 Å². The zero-order valence-corrected chi connectivity index (χ0v) is 14.7. The Bertz CT molecular complexity index is 468. The maximum absolute atomic E-state index is 5.71. The predicted molar refractivity (Wildman–Crippen MR) is 88.0 cm³/mol. The van der Waals surface area contributed by atoms with Crippen LogP contribution in [0.15, 0.2) is 16.6 Å². The Morgan fingerprint density at radius 3 is 2.20 bits per heavy atom. The summed E-state index contributed by atoms with van der Waals surface area (Å²) in [5.41, 5.74) is 1.29. The van der Waals surface area contributed by atoms with Gasteiger partial charge in [-0.25, -0.2) is 0 Å². The first-order valence-corrected chi connectivity index (χ1v) is 9.19. The molecule has 0 N–H and O–H groups in total. The molecule has 0 spiro atoms. The van der Waals surface area contributed by atoms with Crippen molar-refractivity contribution in [1.29, 1.82) is 0 Å². The summed E-state index contributed by atoms with van der Waals surface area (Å²) < 4.78 is 12.5. The molecule has 2 aliphatic rings. The highest BCUT2D eigenvalue weighted by Crippen LogP contribution is 2.45. The van der Waals surface area contributed by atoms with Gasteiger partial charge in [-0.2, -0.15) is 0 Å². The third-order valence-electron chi connectivity index (χ3n) is 4.27. The summed E-state index contributed by atoms with van der Waals surface area (Å²) in [6, 6.07) is 4.19. The number of hydrogen-bond donors (Lipinski definition) is 0. The van der Waals surface area contributed by atoms with Gasteiger partial charge >= 0.3 is 0 Å². The van der Waals surface area contributed by atoms with Gasteiger partial charge in [-0.1, -0.05) is 57.5 Å². The molecule has 0 saturated heterocycles. The Labute approximate surface area is 137 Å². The second-order valence-corrected chi connectivity index (χ2v) is 7.51. The average Bonchev–Trinajstić information content (AvgIpc) is 2.75. The number of ether oxygens (including phenoxy) is 2. The fourth-order valence-electron chi connectivity index (χ4n) is 3.15. The minimum atomic E-state index is 0.394. The third-order valence-corrected chi connectivity index (χ3v) is 6.20. The van der Waals surface area contributed by atoms with E-state index in [1.165, 1.54) is 44.1 Å². The number of alkyl halides is 1. The van der Waals surface area contributed by atoms with Crippen molar-refractivity contribution < 1.29 is 9.47 Å². The molecule has 1 unspecified atom stereocenters. The van der Waals surface area contributed by atoms with Crippen LogP contribution in [0, 0.1) is 5.92 Å². The van der Waals surface area contributed by atoms with Crippen LogP contribution >= 0.6 is 31.9 Å². The van der Waals surface area contributed by atoms with Gasteiger partial charge in [-0.05, 0) is 36.5 Å². The van der Waals surface area contributed by atoms with Gasteiger partial charge in [0.05, 0.1) is 0 Å². The summed E-state index contributed by atoms with van der Waals surface area (Å²) >= 11 is 7.63. The van der Waals surface area contributed by atoms with Crippen molar-refractivity contribution in [3.63, 3.8) is 0 Å². The molecule has 1 atom stereocenters. The first-order chi connectivity index (χ1) is 9.75. The van der Waals surface area contributed by atoms with E-state index in [0.29, 0.717) is 18.0 Å². The average molecular weight is 404 g/mol. The minimum Gasteiger partial charge on any atom is -0.486 e. The molecule has 1 aromatic carbocycles. The first kappa shape index (κ1) is 14.7. The van der Waals surface area contributed by atoms with E-state index in [9.17, 15) is 0 Å². The van der Waals surface area contributed by atoms with Gasteiger partial charge in [0, 0.05) is 9.30 Å². The summed E-state index contributed by atoms with van der Waals surface area (Å²) in [7, 11) is 0. The quantitative estimate of drug-likeness (QED) is 0.470. The molecule has 1 heterocycles. The van der Waals surface area contributed by atoms with Crippen LogP contribution in [0.5, 0.6) is 11.5 Å². The van der Waals surface area contributed by atoms with Crippen molar-refractivity contribution in [1.82, 2.24) is 0 Å². The summed E-state index contributed by atoms with van der Waals surface area (Å²) in [5, 5.41) is 0. The summed E-state index contributed by atoms with van der Waals surface area (Å²) in [6.45, 7) is 1.28. The van der Waals surface area contributed by atoms with Crippen molar-refractivity contribution >= 4 is 31.9 Å². The molecule has 2 nitrogen and oxygen atoms in total. The van der Waals surface area contributed by atoms with Crippen LogP contribution in [0.25, 0.3) is 0 Å². The van der Waals surface area contributed by atoms with Gasteiger partial charge in [-0.3, -0.25) is 0 Å². The summed E-state index contributed by atoms with van der Waals surface area (Å²) in [4.78, 5) is 0.394. The minimum absolute atomic E-state index is 0.394. The molecule has 1 aromatic rings. The largest absolute Gasteiger partial charge is 0.486 e. The Morgan fingerprint density at radius 1 is 0.950 bits per heavy atom. The normalized spacial score (nSPS) is 21.3. The van der Waals surface area contributed by atoms with Crippen LogP contribution in [0.2, 0.25) is 0 Å². The molecule has 0 aromatic heterocycles. The number of hydrogen-bond acceptors (Lipinski definition) is 2. The van der Waals surface area contributed by atoms with Gasteiger partial charge in [0.1, 0.15) is 13.2 Å². The number of halogens is 2. The third kappa shape index (κ3) is 3.16. The number of benzene rings is 1. The first-order valence-electron chi connectivity index (χ1n) is 7.49. The van der Waals surface area contributed by atoms with Crippen molar-refractivity contribution in [2.75, 3.05) is 13.2 Å². The lowest BCUT2D eigenvalue weighted by molar-refractivity contribution is 0.171. The second kappa shape index (κ2) is 6.69. The highest BCUT2D eigenvalue weighted by atomic mass is 79.9. The van der Waals surface area contributed by atoms with E-state index in [1.54, 1.807) is 0 Å². The van der Waals surface area contributed by atoms with E-state index < -0.39 is 0 Å². The highest BCUT2D eigenvalue weighted by molar-refractivity contribution is 9.11. The van der Waals surface area contributed by atoms with Crippen molar-refractivity contribution in [3.8, 4) is 11.5 Å². The lowest BCUT2D eigenvalue weighted by Gasteiger charge is -2.25. The van der Waals surface area contributed by atoms with Gasteiger partial charge in [0.25, 0.3) is 0 Å². The van der Waals surface area contributed by atoms with Gasteiger partial charge in [0.2, 0.25) is 0 Å². The van der Waals surface area contributed by atoms with Crippen LogP contribution in [0.1, 0.15) is 48.9 Å². The van der Waals surface area contributed by atoms with E-state index in [2.05, 4.69) is 44.0 Å². The predicted octanol–water partition coefficient (Wildman–Crippen LogP) is 5.63. The molecule has 1 saturated carbocycles. The van der Waals surface area contributed by atoms with Crippen LogP contribution < -0.4 is 9.47 Å². The molecule has 1 aliphatic heterocycles. The van der Waals surface area contributed by atoms with E-state index in [0.717, 1.165) is 21.9 Å². The van der Waals surface area contributed by atoms with E-state index in [4.69, 9.17) is 9.47 Å². The molecule has 0 amide bonds. The maximum atomic E-state index is 5.71. The highest BCUT2D eigenvalue weighted by Gasteiger charge is 2.25. The topological polar surface area (TPSA) is 18.5 Å². The Morgan fingerprint density at radius 2 is 1.55 bits per heavy atom. The zero-order chi connectivity index (χ0) is 13.9. The SMILES string of the molecule is Brc1cc2c(cc1C(Br)C1CCCCCC1)OCCO2. The molecule has 0 bridgehead atoms. The van der Waals surface area contributed by atoms with Gasteiger partial charge in [0.15, 0.2) is 11.5 Å². The summed E-state index contributed by atoms with van der Waals surface area (Å²) in [6.07, 6.45) is 8.12. The number of rotatable bonds is 2. The van der Waals surface area contributed by atoms with E-state index >= 15 is 0 Å². The van der Waals surface area contributed by atoms with Crippen molar-refractivity contribution in [2.45, 2.75) is 43.4 Å². The molecule has 110 valence electrons. The molecule has 3 rings (SSSR count). The monoisotopic (exact) mass is 402 g/mol. The lowest BCUT2D eigenvalue weighted by atomic mass is 9.92. The Kier molecular flexibility index (Phi) is 4.92. The van der Waals surface area contributed by atoms with Crippen LogP contribution in [-0.4, -0.2) is 13.2 Å². The smallest absolute Gasteiger partial charge is 0.162 e. The van der Waals surface area contributed by atoms with E-state index in [1.807, 2.05) is 0 Å². The lowest BCUT2D eigenvalue weighted by Crippen LogP contribution is -2.16. The summed E-state index contributed by atoms with van der Waals surface area (Å²) in [5.74, 6) is 2.45. The van der Waals surface area contributed by atoms with Gasteiger partial charge in [-0.15, -0.1) is 0 Å². The molecule has 0 radical (unpaired) electrons.